The third-order valence-corrected chi connectivity index (χ3v) is 9.16. The van der Waals surface area contributed by atoms with Gasteiger partial charge < -0.3 is 19.9 Å². The molecule has 1 aromatic heterocycles. The van der Waals surface area contributed by atoms with E-state index in [2.05, 4.69) is 54.0 Å². The molecule has 5 rings (SSSR count). The lowest BCUT2D eigenvalue weighted by Gasteiger charge is -2.42. The van der Waals surface area contributed by atoms with Gasteiger partial charge >= 0.3 is 0 Å². The van der Waals surface area contributed by atoms with Crippen LogP contribution in [0, 0.1) is 17.2 Å². The van der Waals surface area contributed by atoms with Crippen LogP contribution < -0.4 is 15.4 Å². The highest BCUT2D eigenvalue weighted by atomic mass is 19.1. The molecule has 1 saturated heterocycles. The van der Waals surface area contributed by atoms with Crippen LogP contribution in [0.3, 0.4) is 0 Å². The number of aromatic nitrogens is 1. The van der Waals surface area contributed by atoms with Gasteiger partial charge in [0.05, 0.1) is 22.5 Å². The molecule has 1 fully saturated rings. The summed E-state index contributed by atoms with van der Waals surface area (Å²) in [7, 11) is 0. The molecular formula is C34H45FN4O3. The number of ether oxygens (including phenoxy) is 1. The lowest BCUT2D eigenvalue weighted by atomic mass is 9.73. The summed E-state index contributed by atoms with van der Waals surface area (Å²) in [6.07, 6.45) is 6.18. The molecule has 0 unspecified atom stereocenters. The van der Waals surface area contributed by atoms with E-state index >= 15 is 0 Å². The number of benzene rings is 2. The molecule has 2 aromatic carbocycles. The first-order chi connectivity index (χ1) is 20.2. The summed E-state index contributed by atoms with van der Waals surface area (Å²) in [5.74, 6) is 0.477. The zero-order valence-electron chi connectivity index (χ0n) is 25.4. The van der Waals surface area contributed by atoms with Gasteiger partial charge in [0, 0.05) is 30.7 Å². The van der Waals surface area contributed by atoms with Gasteiger partial charge in [-0.3, -0.25) is 14.5 Å². The van der Waals surface area contributed by atoms with Crippen molar-refractivity contribution in [2.75, 3.05) is 26.2 Å². The fourth-order valence-electron chi connectivity index (χ4n) is 6.39. The Balaban J connectivity index is 1.32. The molecule has 0 radical (unpaired) electrons. The second kappa shape index (κ2) is 12.9. The zero-order valence-corrected chi connectivity index (χ0v) is 25.4. The van der Waals surface area contributed by atoms with E-state index in [1.807, 2.05) is 24.3 Å². The van der Waals surface area contributed by atoms with Gasteiger partial charge in [-0.05, 0) is 94.4 Å². The van der Waals surface area contributed by atoms with Crippen LogP contribution in [-0.4, -0.2) is 53.6 Å². The van der Waals surface area contributed by atoms with E-state index < -0.39 is 5.41 Å². The summed E-state index contributed by atoms with van der Waals surface area (Å²) in [6.45, 7) is 11.7. The quantitative estimate of drug-likeness (QED) is 0.395. The van der Waals surface area contributed by atoms with Crippen molar-refractivity contribution in [3.63, 3.8) is 0 Å². The van der Waals surface area contributed by atoms with Crippen LogP contribution >= 0.6 is 0 Å². The zero-order chi connectivity index (χ0) is 29.9. The Kier molecular flexibility index (Phi) is 9.21. The molecule has 226 valence electrons. The van der Waals surface area contributed by atoms with Crippen LogP contribution in [0.4, 0.5) is 4.39 Å². The lowest BCUT2D eigenvalue weighted by Crippen LogP contribution is -2.53. The van der Waals surface area contributed by atoms with Gasteiger partial charge in [-0.15, -0.1) is 0 Å². The molecule has 2 aliphatic heterocycles. The molecule has 0 bridgehead atoms. The normalized spacial score (nSPS) is 20.7. The van der Waals surface area contributed by atoms with Gasteiger partial charge in [-0.25, -0.2) is 4.39 Å². The number of hydrogen-bond donors (Lipinski definition) is 2. The molecule has 0 saturated carbocycles. The molecule has 1 spiro atoms. The molecule has 0 aliphatic carbocycles. The molecule has 7 nitrogen and oxygen atoms in total. The van der Waals surface area contributed by atoms with Crippen LogP contribution in [0.25, 0.3) is 10.9 Å². The van der Waals surface area contributed by atoms with E-state index in [0.29, 0.717) is 24.5 Å². The average molecular weight is 577 g/mol. The highest BCUT2D eigenvalue weighted by molar-refractivity contribution is 5.96. The minimum Gasteiger partial charge on any atom is -0.491 e. The molecule has 3 aromatic rings. The number of likely N-dealkylation sites (tertiary alicyclic amines) is 1. The standard InChI is InChI=1S/C34H45FN4O3/c1-23(2)29-22-42-31-10-6-5-9-28(31)32(40)36-16-8-7-13-34(33(41)37-29)14-17-38(18-15-34)20-25-21-39(24(3)4)30-19-26(35)11-12-27(25)30/h5-6,9-12,19,21,23-24,29H,7-8,13-18,20,22H2,1-4H3,(H,36,40)(H,37,41)/t29-/m1/s1. The van der Waals surface area contributed by atoms with Crippen LogP contribution in [-0.2, 0) is 11.3 Å². The number of carbonyl (C=O) groups excluding carboxylic acids is 2. The molecule has 2 aliphatic rings. The summed E-state index contributed by atoms with van der Waals surface area (Å²) < 4.78 is 22.4. The molecule has 8 heteroatoms. The van der Waals surface area contributed by atoms with Crippen molar-refractivity contribution in [2.24, 2.45) is 11.3 Å². The number of halogens is 1. The topological polar surface area (TPSA) is 75.6 Å². The Hall–Kier alpha value is -3.39. The maximum atomic E-state index is 14.1. The summed E-state index contributed by atoms with van der Waals surface area (Å²) in [5.41, 5.74) is 2.19. The number of rotatable bonds is 4. The fourth-order valence-corrected chi connectivity index (χ4v) is 6.39. The van der Waals surface area contributed by atoms with Crippen LogP contribution in [0.15, 0.2) is 48.7 Å². The second-order valence-corrected chi connectivity index (χ2v) is 12.7. The van der Waals surface area contributed by atoms with Crippen molar-refractivity contribution >= 4 is 22.7 Å². The monoisotopic (exact) mass is 576 g/mol. The van der Waals surface area contributed by atoms with Crippen molar-refractivity contribution < 1.29 is 18.7 Å². The SMILES string of the molecule is CC(C)[C@H]1COc2ccccc2C(=O)NCCCCC2(CCN(Cc3cn(C(C)C)c4cc(F)ccc34)CC2)C(=O)N1. The van der Waals surface area contributed by atoms with Gasteiger partial charge in [0.2, 0.25) is 5.91 Å². The van der Waals surface area contributed by atoms with E-state index in [-0.39, 0.29) is 35.6 Å². The number of fused-ring (bicyclic) bond motifs is 2. The molecule has 3 heterocycles. The molecule has 2 N–H and O–H groups in total. The van der Waals surface area contributed by atoms with E-state index in [0.717, 1.165) is 62.6 Å². The maximum absolute atomic E-state index is 14.1. The third kappa shape index (κ3) is 6.48. The van der Waals surface area contributed by atoms with Crippen LogP contribution in [0.2, 0.25) is 0 Å². The Labute approximate surface area is 248 Å². The highest BCUT2D eigenvalue weighted by Gasteiger charge is 2.42. The van der Waals surface area contributed by atoms with Gasteiger partial charge in [-0.1, -0.05) is 32.4 Å². The van der Waals surface area contributed by atoms with Gasteiger partial charge in [0.15, 0.2) is 0 Å². The van der Waals surface area contributed by atoms with Crippen molar-refractivity contribution in [3.05, 3.63) is 65.6 Å². The summed E-state index contributed by atoms with van der Waals surface area (Å²) >= 11 is 0. The minimum absolute atomic E-state index is 0.116. The minimum atomic E-state index is -0.454. The summed E-state index contributed by atoms with van der Waals surface area (Å²) in [4.78, 5) is 29.3. The Morgan fingerprint density at radius 3 is 2.52 bits per heavy atom. The Bertz CT molecular complexity index is 1410. The molecule has 1 atom stereocenters. The van der Waals surface area contributed by atoms with Gasteiger partial charge in [0.1, 0.15) is 18.2 Å². The van der Waals surface area contributed by atoms with Crippen molar-refractivity contribution in [1.29, 1.82) is 0 Å². The van der Waals surface area contributed by atoms with E-state index in [1.54, 1.807) is 12.1 Å². The van der Waals surface area contributed by atoms with Gasteiger partial charge in [0.25, 0.3) is 5.91 Å². The second-order valence-electron chi connectivity index (χ2n) is 12.7. The van der Waals surface area contributed by atoms with Crippen LogP contribution in [0.1, 0.15) is 81.8 Å². The highest BCUT2D eigenvalue weighted by Crippen LogP contribution is 2.38. The average Bonchev–Trinajstić information content (AvgIpc) is 3.32. The van der Waals surface area contributed by atoms with Crippen LogP contribution in [0.5, 0.6) is 5.75 Å². The smallest absolute Gasteiger partial charge is 0.255 e. The van der Waals surface area contributed by atoms with E-state index in [9.17, 15) is 14.0 Å². The largest absolute Gasteiger partial charge is 0.491 e. The number of hydrogen-bond acceptors (Lipinski definition) is 4. The molecule has 42 heavy (non-hydrogen) atoms. The first kappa shape index (κ1) is 30.1. The number of amides is 2. The predicted molar refractivity (Wildman–Crippen MR) is 164 cm³/mol. The van der Waals surface area contributed by atoms with Crippen molar-refractivity contribution in [2.45, 2.75) is 78.4 Å². The molecular weight excluding hydrogens is 531 g/mol. The van der Waals surface area contributed by atoms with Crippen molar-refractivity contribution in [3.8, 4) is 5.75 Å². The number of piperidine rings is 1. The van der Waals surface area contributed by atoms with E-state index in [1.165, 1.54) is 11.6 Å². The number of para-hydroxylation sites is 1. The van der Waals surface area contributed by atoms with E-state index in [4.69, 9.17) is 4.74 Å². The fraction of sp³-hybridized carbons (Fsp3) is 0.529. The summed E-state index contributed by atoms with van der Waals surface area (Å²) in [6, 6.07) is 12.4. The number of carbonyl (C=O) groups is 2. The Morgan fingerprint density at radius 2 is 1.79 bits per heavy atom. The first-order valence-corrected chi connectivity index (χ1v) is 15.5. The van der Waals surface area contributed by atoms with Crippen molar-refractivity contribution in [1.82, 2.24) is 20.1 Å². The maximum Gasteiger partial charge on any atom is 0.255 e. The lowest BCUT2D eigenvalue weighted by molar-refractivity contribution is -0.136. The third-order valence-electron chi connectivity index (χ3n) is 9.16. The first-order valence-electron chi connectivity index (χ1n) is 15.5. The molecule has 2 amide bonds. The number of nitrogens with one attached hydrogen (secondary N) is 2. The summed E-state index contributed by atoms with van der Waals surface area (Å²) in [5, 5.41) is 7.49. The van der Waals surface area contributed by atoms with Gasteiger partial charge in [-0.2, -0.15) is 0 Å². The predicted octanol–water partition coefficient (Wildman–Crippen LogP) is 6.08. The Morgan fingerprint density at radius 1 is 1.02 bits per heavy atom. The number of nitrogens with zero attached hydrogens (tertiary/aromatic N) is 2.